The SMILES string of the molecule is Cn1[nH]c(N(C(=O)O)C(C)(C)C)c(Cc2cccc(Cl)c2Cl)c1=O. The van der Waals surface area contributed by atoms with Crippen molar-refractivity contribution in [1.29, 1.82) is 0 Å². The van der Waals surface area contributed by atoms with Gasteiger partial charge >= 0.3 is 6.09 Å². The van der Waals surface area contributed by atoms with E-state index in [1.54, 1.807) is 39.0 Å². The number of carbonyl (C=O) groups is 1. The van der Waals surface area contributed by atoms with Crippen LogP contribution in [0, 0.1) is 0 Å². The summed E-state index contributed by atoms with van der Waals surface area (Å²) in [4.78, 5) is 25.4. The Balaban J connectivity index is 2.61. The third-order valence-electron chi connectivity index (χ3n) is 3.61. The molecule has 0 fully saturated rings. The van der Waals surface area contributed by atoms with E-state index < -0.39 is 11.6 Å². The normalized spacial score (nSPS) is 11.6. The number of nitrogens with zero attached hydrogens (tertiary/aromatic N) is 2. The number of nitrogens with one attached hydrogen (secondary N) is 1. The predicted molar refractivity (Wildman–Crippen MR) is 95.6 cm³/mol. The summed E-state index contributed by atoms with van der Waals surface area (Å²) in [5.41, 5.74) is -0.0693. The number of aromatic amines is 1. The Morgan fingerprint density at radius 3 is 2.50 bits per heavy atom. The molecule has 0 spiro atoms. The maximum atomic E-state index is 12.5. The predicted octanol–water partition coefficient (Wildman–Crippen LogP) is 3.89. The molecule has 1 aromatic carbocycles. The number of amides is 1. The molecule has 0 bridgehead atoms. The zero-order chi connectivity index (χ0) is 18.2. The van der Waals surface area contributed by atoms with Gasteiger partial charge in [0.2, 0.25) is 0 Å². The minimum atomic E-state index is -1.15. The van der Waals surface area contributed by atoms with Crippen LogP contribution in [0.2, 0.25) is 10.0 Å². The van der Waals surface area contributed by atoms with E-state index in [1.807, 2.05) is 0 Å². The lowest BCUT2D eigenvalue weighted by Crippen LogP contribution is -2.46. The number of benzene rings is 1. The van der Waals surface area contributed by atoms with Crippen molar-refractivity contribution in [2.45, 2.75) is 32.7 Å². The lowest BCUT2D eigenvalue weighted by Gasteiger charge is -2.32. The van der Waals surface area contributed by atoms with E-state index >= 15 is 0 Å². The van der Waals surface area contributed by atoms with Crippen LogP contribution < -0.4 is 10.5 Å². The fraction of sp³-hybridized carbons (Fsp3) is 0.375. The number of aryl methyl sites for hydroxylation is 1. The van der Waals surface area contributed by atoms with Gasteiger partial charge in [0.25, 0.3) is 5.56 Å². The van der Waals surface area contributed by atoms with Crippen molar-refractivity contribution >= 4 is 35.1 Å². The van der Waals surface area contributed by atoms with Crippen LogP contribution in [0.1, 0.15) is 31.9 Å². The van der Waals surface area contributed by atoms with Gasteiger partial charge in [-0.3, -0.25) is 19.5 Å². The monoisotopic (exact) mass is 371 g/mol. The van der Waals surface area contributed by atoms with Crippen molar-refractivity contribution in [3.63, 3.8) is 0 Å². The van der Waals surface area contributed by atoms with E-state index in [9.17, 15) is 14.7 Å². The molecule has 0 saturated carbocycles. The molecule has 0 saturated heterocycles. The molecular formula is C16H19Cl2N3O3. The third-order valence-corrected chi connectivity index (χ3v) is 4.46. The van der Waals surface area contributed by atoms with E-state index in [2.05, 4.69) is 5.10 Å². The van der Waals surface area contributed by atoms with Gasteiger partial charge < -0.3 is 5.11 Å². The standard InChI is InChI=1S/C16H19Cl2N3O3/c1-16(2,3)21(15(23)24)13-10(14(22)20(4)19-13)8-9-6-5-7-11(17)12(9)18/h5-7,19H,8H2,1-4H3,(H,23,24). The fourth-order valence-corrected chi connectivity index (χ4v) is 2.91. The Bertz CT molecular complexity index is 834. The molecular weight excluding hydrogens is 353 g/mol. The summed E-state index contributed by atoms with van der Waals surface area (Å²) in [7, 11) is 1.54. The van der Waals surface area contributed by atoms with Gasteiger partial charge in [-0.25, -0.2) is 4.79 Å². The molecule has 1 amide bonds. The second-order valence-electron chi connectivity index (χ2n) is 6.48. The first kappa shape index (κ1) is 18.4. The Morgan fingerprint density at radius 1 is 1.33 bits per heavy atom. The fourth-order valence-electron chi connectivity index (χ4n) is 2.52. The van der Waals surface area contributed by atoms with Gasteiger partial charge in [-0.1, -0.05) is 35.3 Å². The molecule has 0 radical (unpaired) electrons. The van der Waals surface area contributed by atoms with Crippen LogP contribution in [0.3, 0.4) is 0 Å². The topological polar surface area (TPSA) is 78.3 Å². The largest absolute Gasteiger partial charge is 0.465 e. The summed E-state index contributed by atoms with van der Waals surface area (Å²) >= 11 is 12.2. The van der Waals surface area contributed by atoms with Gasteiger partial charge in [0, 0.05) is 19.0 Å². The highest BCUT2D eigenvalue weighted by Gasteiger charge is 2.32. The molecule has 130 valence electrons. The molecule has 8 heteroatoms. The zero-order valence-electron chi connectivity index (χ0n) is 13.9. The molecule has 1 aromatic heterocycles. The average molecular weight is 372 g/mol. The van der Waals surface area contributed by atoms with Gasteiger partial charge in [0.1, 0.15) is 5.82 Å². The molecule has 24 heavy (non-hydrogen) atoms. The van der Waals surface area contributed by atoms with Crippen LogP contribution >= 0.6 is 23.2 Å². The summed E-state index contributed by atoms with van der Waals surface area (Å²) in [5.74, 6) is 0.235. The number of H-pyrrole nitrogens is 1. The number of rotatable bonds is 3. The maximum absolute atomic E-state index is 12.5. The van der Waals surface area contributed by atoms with Gasteiger partial charge in [0.05, 0.1) is 15.6 Å². The third kappa shape index (κ3) is 3.44. The first-order valence-corrected chi connectivity index (χ1v) is 8.03. The lowest BCUT2D eigenvalue weighted by molar-refractivity contribution is 0.195. The zero-order valence-corrected chi connectivity index (χ0v) is 15.4. The molecule has 2 aromatic rings. The smallest absolute Gasteiger partial charge is 0.413 e. The van der Waals surface area contributed by atoms with Crippen molar-refractivity contribution < 1.29 is 9.90 Å². The van der Waals surface area contributed by atoms with Gasteiger partial charge in [-0.05, 0) is 32.4 Å². The van der Waals surface area contributed by atoms with Crippen LogP contribution in [0.25, 0.3) is 0 Å². The highest BCUT2D eigenvalue weighted by molar-refractivity contribution is 6.42. The van der Waals surface area contributed by atoms with Crippen LogP contribution in [-0.4, -0.2) is 26.5 Å². The average Bonchev–Trinajstić information content (AvgIpc) is 2.70. The van der Waals surface area contributed by atoms with Crippen LogP contribution in [0.4, 0.5) is 10.6 Å². The Morgan fingerprint density at radius 2 is 1.96 bits per heavy atom. The van der Waals surface area contributed by atoms with Gasteiger partial charge in [0.15, 0.2) is 0 Å². The van der Waals surface area contributed by atoms with Gasteiger partial charge in [-0.15, -0.1) is 0 Å². The molecule has 0 atom stereocenters. The second-order valence-corrected chi connectivity index (χ2v) is 7.27. The van der Waals surface area contributed by atoms with E-state index in [4.69, 9.17) is 23.2 Å². The molecule has 0 aliphatic carbocycles. The summed E-state index contributed by atoms with van der Waals surface area (Å²) in [6.45, 7) is 5.26. The number of aromatic nitrogens is 2. The van der Waals surface area contributed by atoms with E-state index in [-0.39, 0.29) is 17.8 Å². The lowest BCUT2D eigenvalue weighted by atomic mass is 10.0. The molecule has 6 nitrogen and oxygen atoms in total. The van der Waals surface area contributed by atoms with Crippen molar-refractivity contribution in [2.75, 3.05) is 4.90 Å². The van der Waals surface area contributed by atoms with Crippen LogP contribution in [0.15, 0.2) is 23.0 Å². The van der Waals surface area contributed by atoms with E-state index in [0.717, 1.165) is 4.90 Å². The van der Waals surface area contributed by atoms with Crippen molar-refractivity contribution in [3.05, 3.63) is 49.7 Å². The second kappa shape index (κ2) is 6.53. The number of anilines is 1. The van der Waals surface area contributed by atoms with Crippen molar-refractivity contribution in [3.8, 4) is 0 Å². The molecule has 2 rings (SSSR count). The summed E-state index contributed by atoms with van der Waals surface area (Å²) < 4.78 is 1.25. The summed E-state index contributed by atoms with van der Waals surface area (Å²) in [6, 6.07) is 5.15. The quantitative estimate of drug-likeness (QED) is 0.858. The van der Waals surface area contributed by atoms with Crippen LogP contribution in [0.5, 0.6) is 0 Å². The number of hydrogen-bond acceptors (Lipinski definition) is 2. The summed E-state index contributed by atoms with van der Waals surface area (Å²) in [6.07, 6.45) is -0.979. The van der Waals surface area contributed by atoms with Crippen LogP contribution in [-0.2, 0) is 13.5 Å². The molecule has 1 heterocycles. The number of halogens is 2. The van der Waals surface area contributed by atoms with Gasteiger partial charge in [-0.2, -0.15) is 0 Å². The van der Waals surface area contributed by atoms with Crippen molar-refractivity contribution in [2.24, 2.45) is 7.05 Å². The number of hydrogen-bond donors (Lipinski definition) is 2. The summed E-state index contributed by atoms with van der Waals surface area (Å²) in [5, 5.41) is 13.2. The molecule has 0 aliphatic rings. The van der Waals surface area contributed by atoms with E-state index in [0.29, 0.717) is 21.2 Å². The molecule has 0 unspecified atom stereocenters. The highest BCUT2D eigenvalue weighted by Crippen LogP contribution is 2.30. The Kier molecular flexibility index (Phi) is 5.01. The van der Waals surface area contributed by atoms with Crippen molar-refractivity contribution in [1.82, 2.24) is 9.78 Å². The molecule has 0 aliphatic heterocycles. The Hall–Kier alpha value is -1.92. The Labute approximate surface area is 149 Å². The minimum absolute atomic E-state index is 0.171. The minimum Gasteiger partial charge on any atom is -0.465 e. The van der Waals surface area contributed by atoms with E-state index in [1.165, 1.54) is 11.7 Å². The highest BCUT2D eigenvalue weighted by atomic mass is 35.5. The first-order chi connectivity index (χ1) is 11.0. The number of carboxylic acid groups (broad SMARTS) is 1. The maximum Gasteiger partial charge on any atom is 0.413 e. The first-order valence-electron chi connectivity index (χ1n) is 7.28. The molecule has 2 N–H and O–H groups in total.